The molecule has 2 atom stereocenters. The first-order chi connectivity index (χ1) is 5.77. The topological polar surface area (TPSA) is 0 Å². The van der Waals surface area contributed by atoms with Crippen molar-refractivity contribution in [3.8, 4) is 0 Å². The zero-order valence-electron chi connectivity index (χ0n) is 7.93. The minimum Gasteiger partial charge on any atom is -0.105 e. The van der Waals surface area contributed by atoms with Crippen molar-refractivity contribution in [1.29, 1.82) is 0 Å². The maximum atomic E-state index is 2.33. The average Bonchev–Trinajstić information content (AvgIpc) is 2.07. The van der Waals surface area contributed by atoms with Gasteiger partial charge in [-0.2, -0.15) is 0 Å². The molecule has 0 nitrogen and oxygen atoms in total. The Morgan fingerprint density at radius 2 is 2.17 bits per heavy atom. The summed E-state index contributed by atoms with van der Waals surface area (Å²) in [6, 6.07) is 0. The Labute approximate surface area is 82.5 Å². The fourth-order valence-electron chi connectivity index (χ4n) is 1.85. The molecule has 2 heterocycles. The molecule has 2 aliphatic rings. The lowest BCUT2D eigenvalue weighted by Gasteiger charge is -2.28. The van der Waals surface area contributed by atoms with Crippen molar-refractivity contribution >= 4 is 22.7 Å². The number of rotatable bonds is 0. The maximum Gasteiger partial charge on any atom is 0.167 e. The van der Waals surface area contributed by atoms with E-state index in [9.17, 15) is 0 Å². The van der Waals surface area contributed by atoms with E-state index in [2.05, 4.69) is 25.6 Å². The quantitative estimate of drug-likeness (QED) is 0.429. The van der Waals surface area contributed by atoms with Crippen LogP contribution in [0.5, 0.6) is 0 Å². The van der Waals surface area contributed by atoms with Crippen LogP contribution in [0.2, 0.25) is 0 Å². The number of hydrogen-bond acceptors (Lipinski definition) is 1. The number of allylic oxidation sites excluding steroid dienone is 1. The van der Waals surface area contributed by atoms with Crippen molar-refractivity contribution in [2.45, 2.75) is 31.3 Å². The van der Waals surface area contributed by atoms with E-state index >= 15 is 0 Å². The molecule has 0 N–H and O–H groups in total. The molecular formula is C10H17S2+. The summed E-state index contributed by atoms with van der Waals surface area (Å²) < 4.78 is 1.00. The lowest BCUT2D eigenvalue weighted by Crippen LogP contribution is -2.33. The largest absolute Gasteiger partial charge is 0.167 e. The Morgan fingerprint density at radius 3 is 3.00 bits per heavy atom. The zero-order chi connectivity index (χ0) is 8.55. The van der Waals surface area contributed by atoms with Crippen LogP contribution < -0.4 is 0 Å². The van der Waals surface area contributed by atoms with Crippen LogP contribution in [0.25, 0.3) is 0 Å². The predicted octanol–water partition coefficient (Wildman–Crippen LogP) is 2.81. The van der Waals surface area contributed by atoms with E-state index in [4.69, 9.17) is 0 Å². The fraction of sp³-hybridized carbons (Fsp3) is 0.800. The Hall–Kier alpha value is 0.440. The number of thioether (sulfide) groups is 1. The summed E-state index contributed by atoms with van der Waals surface area (Å²) in [5, 5.41) is 0. The summed E-state index contributed by atoms with van der Waals surface area (Å²) >= 11 is 2.23. The Bertz CT molecular complexity index is 186. The van der Waals surface area contributed by atoms with Crippen LogP contribution in [0.3, 0.4) is 0 Å². The molecule has 2 unspecified atom stereocenters. The Morgan fingerprint density at radius 1 is 1.33 bits per heavy atom. The molecule has 0 bridgehead atoms. The summed E-state index contributed by atoms with van der Waals surface area (Å²) in [4.78, 5) is 0. The van der Waals surface area contributed by atoms with Gasteiger partial charge in [0.2, 0.25) is 0 Å². The Balaban J connectivity index is 2.10. The first-order valence-corrected chi connectivity index (χ1v) is 7.38. The SMILES string of the molecule is CC1=C(C)C[S+]2CCCSC2C1. The van der Waals surface area contributed by atoms with E-state index in [0.717, 1.165) is 15.5 Å². The van der Waals surface area contributed by atoms with Crippen LogP contribution in [-0.2, 0) is 10.9 Å². The molecule has 0 radical (unpaired) electrons. The van der Waals surface area contributed by atoms with Crippen molar-refractivity contribution in [3.63, 3.8) is 0 Å². The Kier molecular flexibility index (Phi) is 2.75. The van der Waals surface area contributed by atoms with Crippen LogP contribution in [0.15, 0.2) is 11.1 Å². The minimum absolute atomic E-state index is 0.752. The molecule has 0 saturated carbocycles. The normalized spacial score (nSPS) is 36.5. The maximum absolute atomic E-state index is 2.33. The van der Waals surface area contributed by atoms with E-state index in [1.54, 1.807) is 11.1 Å². The van der Waals surface area contributed by atoms with E-state index in [-0.39, 0.29) is 0 Å². The van der Waals surface area contributed by atoms with E-state index in [1.807, 2.05) is 0 Å². The van der Waals surface area contributed by atoms with Gasteiger partial charge >= 0.3 is 0 Å². The highest BCUT2D eigenvalue weighted by atomic mass is 32.2. The molecule has 12 heavy (non-hydrogen) atoms. The fourth-order valence-corrected chi connectivity index (χ4v) is 6.93. The van der Waals surface area contributed by atoms with Crippen molar-refractivity contribution in [1.82, 2.24) is 0 Å². The van der Waals surface area contributed by atoms with Gasteiger partial charge in [0, 0.05) is 29.5 Å². The number of fused-ring (bicyclic) bond motifs is 1. The zero-order valence-corrected chi connectivity index (χ0v) is 9.56. The van der Waals surface area contributed by atoms with Gasteiger partial charge in [-0.3, -0.25) is 0 Å². The van der Waals surface area contributed by atoms with Crippen LogP contribution in [0.1, 0.15) is 26.7 Å². The second-order valence-electron chi connectivity index (χ2n) is 3.80. The molecule has 1 saturated heterocycles. The summed E-state index contributed by atoms with van der Waals surface area (Å²) in [6.45, 7) is 4.66. The van der Waals surface area contributed by atoms with Gasteiger partial charge in [-0.05, 0) is 19.4 Å². The van der Waals surface area contributed by atoms with E-state index in [1.165, 1.54) is 30.1 Å². The summed E-state index contributed by atoms with van der Waals surface area (Å²) in [7, 11) is 0.752. The van der Waals surface area contributed by atoms with Gasteiger partial charge in [0.05, 0.1) is 0 Å². The molecular weight excluding hydrogens is 184 g/mol. The molecule has 1 fully saturated rings. The van der Waals surface area contributed by atoms with E-state index < -0.39 is 0 Å². The van der Waals surface area contributed by atoms with E-state index in [0.29, 0.717) is 0 Å². The molecule has 0 aliphatic carbocycles. The molecule has 0 aromatic heterocycles. The van der Waals surface area contributed by atoms with Crippen LogP contribution in [-0.4, -0.2) is 21.8 Å². The molecule has 2 aliphatic heterocycles. The van der Waals surface area contributed by atoms with Crippen LogP contribution in [0.4, 0.5) is 0 Å². The molecule has 2 heteroatoms. The monoisotopic (exact) mass is 201 g/mol. The van der Waals surface area contributed by atoms with Crippen molar-refractivity contribution < 1.29 is 0 Å². The van der Waals surface area contributed by atoms with Crippen LogP contribution >= 0.6 is 11.8 Å². The smallest absolute Gasteiger partial charge is 0.105 e. The molecule has 68 valence electrons. The van der Waals surface area contributed by atoms with Gasteiger partial charge in [-0.15, -0.1) is 11.8 Å². The second-order valence-corrected chi connectivity index (χ2v) is 7.75. The summed E-state index contributed by atoms with van der Waals surface area (Å²) in [5.74, 6) is 4.35. The van der Waals surface area contributed by atoms with Crippen LogP contribution in [0, 0.1) is 0 Å². The third-order valence-corrected chi connectivity index (χ3v) is 7.64. The van der Waals surface area contributed by atoms with Gasteiger partial charge < -0.3 is 0 Å². The third-order valence-electron chi connectivity index (χ3n) is 2.83. The molecule has 0 spiro atoms. The van der Waals surface area contributed by atoms with Gasteiger partial charge in [0.1, 0.15) is 11.5 Å². The number of hydrogen-bond donors (Lipinski definition) is 0. The van der Waals surface area contributed by atoms with Crippen molar-refractivity contribution in [2.75, 3.05) is 17.3 Å². The minimum atomic E-state index is 0.752. The second kappa shape index (κ2) is 3.67. The highest BCUT2D eigenvalue weighted by Crippen LogP contribution is 2.37. The first kappa shape index (κ1) is 9.01. The van der Waals surface area contributed by atoms with Gasteiger partial charge in [0.15, 0.2) is 4.58 Å². The first-order valence-electron chi connectivity index (χ1n) is 4.70. The van der Waals surface area contributed by atoms with Crippen molar-refractivity contribution in [2.24, 2.45) is 0 Å². The average molecular weight is 201 g/mol. The summed E-state index contributed by atoms with van der Waals surface area (Å²) in [5.41, 5.74) is 3.37. The molecule has 0 amide bonds. The third kappa shape index (κ3) is 1.69. The lowest BCUT2D eigenvalue weighted by molar-refractivity contribution is 0.965. The molecule has 0 aromatic rings. The van der Waals surface area contributed by atoms with Gasteiger partial charge in [-0.25, -0.2) is 0 Å². The standard InChI is InChI=1S/C10H17S2/c1-8-6-10-11-4-3-5-12(10)7-9(8)2/h10H,3-7H2,1-2H3/q+1. The summed E-state index contributed by atoms with van der Waals surface area (Å²) in [6.07, 6.45) is 2.86. The lowest BCUT2D eigenvalue weighted by atomic mass is 10.1. The highest BCUT2D eigenvalue weighted by molar-refractivity contribution is 8.16. The molecule has 2 rings (SSSR count). The molecule has 0 aromatic carbocycles. The highest BCUT2D eigenvalue weighted by Gasteiger charge is 2.37. The van der Waals surface area contributed by atoms with Crippen molar-refractivity contribution in [3.05, 3.63) is 11.1 Å². The van der Waals surface area contributed by atoms with Gasteiger partial charge in [-0.1, -0.05) is 5.57 Å². The van der Waals surface area contributed by atoms with Gasteiger partial charge in [0.25, 0.3) is 0 Å². The predicted molar refractivity (Wildman–Crippen MR) is 61.0 cm³/mol.